The molecule has 1 N–H and O–H groups in total. The number of aromatic nitrogens is 1. The van der Waals surface area contributed by atoms with Crippen molar-refractivity contribution < 1.29 is 23.8 Å². The zero-order valence-corrected chi connectivity index (χ0v) is 17.5. The number of hydrogen-bond donors (Lipinski definition) is 1. The topological polar surface area (TPSA) is 86.8 Å². The second kappa shape index (κ2) is 10.4. The van der Waals surface area contributed by atoms with E-state index in [1.807, 2.05) is 36.6 Å². The van der Waals surface area contributed by atoms with Crippen LogP contribution in [0.1, 0.15) is 23.0 Å². The minimum Gasteiger partial charge on any atom is -0.497 e. The number of esters is 1. The summed E-state index contributed by atoms with van der Waals surface area (Å²) in [5.74, 6) is 0.571. The van der Waals surface area contributed by atoms with E-state index in [2.05, 4.69) is 10.3 Å². The molecule has 0 aliphatic rings. The van der Waals surface area contributed by atoms with Gasteiger partial charge in [0.15, 0.2) is 0 Å². The van der Waals surface area contributed by atoms with Crippen LogP contribution in [-0.2, 0) is 16.1 Å². The Morgan fingerprint density at radius 3 is 2.40 bits per heavy atom. The van der Waals surface area contributed by atoms with Gasteiger partial charge in [0.2, 0.25) is 0 Å². The lowest BCUT2D eigenvalue weighted by molar-refractivity contribution is -0.143. The van der Waals surface area contributed by atoms with Crippen molar-refractivity contribution in [1.82, 2.24) is 10.3 Å². The fraction of sp³-hybridized carbons (Fsp3) is 0.227. The molecule has 1 aromatic heterocycles. The summed E-state index contributed by atoms with van der Waals surface area (Å²) in [6.45, 7) is 2.27. The predicted molar refractivity (Wildman–Crippen MR) is 114 cm³/mol. The van der Waals surface area contributed by atoms with E-state index in [0.717, 1.165) is 16.3 Å². The lowest BCUT2D eigenvalue weighted by Gasteiger charge is -2.07. The molecule has 156 valence electrons. The molecule has 0 saturated heterocycles. The van der Waals surface area contributed by atoms with Gasteiger partial charge in [0, 0.05) is 16.5 Å². The number of amides is 1. The summed E-state index contributed by atoms with van der Waals surface area (Å²) in [6.07, 6.45) is 0. The SMILES string of the molecule is CCOc1ccc(C(=O)NCC(=O)OCc2csc(-c3ccc(OC)cc3)n2)cc1. The summed E-state index contributed by atoms with van der Waals surface area (Å²) in [4.78, 5) is 28.5. The fourth-order valence-corrected chi connectivity index (χ4v) is 3.38. The Hall–Kier alpha value is -3.39. The summed E-state index contributed by atoms with van der Waals surface area (Å²) in [7, 11) is 1.62. The molecule has 30 heavy (non-hydrogen) atoms. The Kier molecular flexibility index (Phi) is 7.40. The van der Waals surface area contributed by atoms with E-state index in [9.17, 15) is 9.59 Å². The molecule has 0 atom stereocenters. The van der Waals surface area contributed by atoms with Crippen LogP contribution in [-0.4, -0.2) is 37.1 Å². The van der Waals surface area contributed by atoms with Gasteiger partial charge in [-0.05, 0) is 55.5 Å². The first-order valence-corrected chi connectivity index (χ1v) is 10.2. The van der Waals surface area contributed by atoms with Crippen LogP contribution in [0.5, 0.6) is 11.5 Å². The van der Waals surface area contributed by atoms with Crippen LogP contribution in [0, 0.1) is 0 Å². The van der Waals surface area contributed by atoms with Crippen molar-refractivity contribution in [3.05, 3.63) is 65.2 Å². The molecule has 0 saturated carbocycles. The number of ether oxygens (including phenoxy) is 3. The van der Waals surface area contributed by atoms with Gasteiger partial charge in [-0.15, -0.1) is 11.3 Å². The Labute approximate surface area is 178 Å². The predicted octanol–water partition coefficient (Wildman–Crippen LogP) is 3.69. The normalized spacial score (nSPS) is 10.3. The fourth-order valence-electron chi connectivity index (χ4n) is 2.57. The zero-order valence-electron chi connectivity index (χ0n) is 16.7. The molecule has 1 heterocycles. The van der Waals surface area contributed by atoms with Crippen molar-refractivity contribution in [3.63, 3.8) is 0 Å². The number of nitrogens with zero attached hydrogens (tertiary/aromatic N) is 1. The molecule has 0 fully saturated rings. The molecule has 0 aliphatic heterocycles. The molecule has 0 radical (unpaired) electrons. The van der Waals surface area contributed by atoms with Gasteiger partial charge in [-0.1, -0.05) is 0 Å². The first-order valence-electron chi connectivity index (χ1n) is 9.34. The van der Waals surface area contributed by atoms with E-state index in [-0.39, 0.29) is 19.1 Å². The highest BCUT2D eigenvalue weighted by Gasteiger charge is 2.11. The molecule has 2 aromatic carbocycles. The summed E-state index contributed by atoms with van der Waals surface area (Å²) >= 11 is 1.46. The van der Waals surface area contributed by atoms with Crippen LogP contribution in [0.15, 0.2) is 53.9 Å². The summed E-state index contributed by atoms with van der Waals surface area (Å²) < 4.78 is 15.7. The molecule has 0 spiro atoms. The third kappa shape index (κ3) is 5.81. The van der Waals surface area contributed by atoms with Crippen LogP contribution in [0.2, 0.25) is 0 Å². The average Bonchev–Trinajstić information content (AvgIpc) is 3.26. The van der Waals surface area contributed by atoms with E-state index < -0.39 is 5.97 Å². The smallest absolute Gasteiger partial charge is 0.325 e. The summed E-state index contributed by atoms with van der Waals surface area (Å²) in [6, 6.07) is 14.3. The summed E-state index contributed by atoms with van der Waals surface area (Å²) in [5.41, 5.74) is 2.05. The number of carbonyl (C=O) groups excluding carboxylic acids is 2. The Bertz CT molecular complexity index is 984. The van der Waals surface area contributed by atoms with Crippen molar-refractivity contribution >= 4 is 23.2 Å². The zero-order chi connectivity index (χ0) is 21.3. The third-order valence-electron chi connectivity index (χ3n) is 4.09. The lowest BCUT2D eigenvalue weighted by atomic mass is 10.2. The molecular formula is C22H22N2O5S. The standard InChI is InChI=1S/C22H22N2O5S/c1-3-28-19-10-4-15(5-11-19)21(26)23-12-20(25)29-13-17-14-30-22(24-17)16-6-8-18(27-2)9-7-16/h4-11,14H,3,12-13H2,1-2H3,(H,23,26). The van der Waals surface area contributed by atoms with Gasteiger partial charge >= 0.3 is 5.97 Å². The van der Waals surface area contributed by atoms with Gasteiger partial charge in [-0.25, -0.2) is 4.98 Å². The third-order valence-corrected chi connectivity index (χ3v) is 5.03. The molecule has 8 heteroatoms. The number of nitrogens with one attached hydrogen (secondary N) is 1. The highest BCUT2D eigenvalue weighted by Crippen LogP contribution is 2.25. The maximum atomic E-state index is 12.1. The molecule has 0 unspecified atom stereocenters. The first-order chi connectivity index (χ1) is 14.6. The van der Waals surface area contributed by atoms with Crippen LogP contribution in [0.3, 0.4) is 0 Å². The second-order valence-electron chi connectivity index (χ2n) is 6.17. The van der Waals surface area contributed by atoms with Gasteiger partial charge in [0.1, 0.15) is 29.7 Å². The second-order valence-corrected chi connectivity index (χ2v) is 7.03. The molecule has 0 aliphatic carbocycles. The van der Waals surface area contributed by atoms with E-state index in [1.165, 1.54) is 11.3 Å². The van der Waals surface area contributed by atoms with Crippen molar-refractivity contribution in [1.29, 1.82) is 0 Å². The molecule has 0 bridgehead atoms. The molecule has 1 amide bonds. The number of benzene rings is 2. The maximum absolute atomic E-state index is 12.1. The molecular weight excluding hydrogens is 404 g/mol. The minimum absolute atomic E-state index is 0.0460. The Morgan fingerprint density at radius 2 is 1.73 bits per heavy atom. The van der Waals surface area contributed by atoms with Crippen LogP contribution >= 0.6 is 11.3 Å². The van der Waals surface area contributed by atoms with E-state index in [4.69, 9.17) is 14.2 Å². The van der Waals surface area contributed by atoms with Crippen molar-refractivity contribution in [2.24, 2.45) is 0 Å². The number of thiazole rings is 1. The first kappa shape index (κ1) is 21.3. The Balaban J connectivity index is 1.45. The maximum Gasteiger partial charge on any atom is 0.325 e. The number of methoxy groups -OCH3 is 1. The Morgan fingerprint density at radius 1 is 1.03 bits per heavy atom. The number of rotatable bonds is 9. The highest BCUT2D eigenvalue weighted by atomic mass is 32.1. The van der Waals surface area contributed by atoms with Gasteiger partial charge in [0.05, 0.1) is 19.4 Å². The molecule has 3 rings (SSSR count). The van der Waals surface area contributed by atoms with Gasteiger partial charge < -0.3 is 19.5 Å². The quantitative estimate of drug-likeness (QED) is 0.525. The van der Waals surface area contributed by atoms with Crippen molar-refractivity contribution in [3.8, 4) is 22.1 Å². The average molecular weight is 426 g/mol. The summed E-state index contributed by atoms with van der Waals surface area (Å²) in [5, 5.41) is 5.21. The molecule has 7 nitrogen and oxygen atoms in total. The largest absolute Gasteiger partial charge is 0.497 e. The van der Waals surface area contributed by atoms with Crippen LogP contribution < -0.4 is 14.8 Å². The van der Waals surface area contributed by atoms with Gasteiger partial charge in [0.25, 0.3) is 5.91 Å². The number of hydrogen-bond acceptors (Lipinski definition) is 7. The van der Waals surface area contributed by atoms with Crippen molar-refractivity contribution in [2.45, 2.75) is 13.5 Å². The lowest BCUT2D eigenvalue weighted by Crippen LogP contribution is -2.30. The van der Waals surface area contributed by atoms with Crippen LogP contribution in [0.4, 0.5) is 0 Å². The van der Waals surface area contributed by atoms with E-state index in [1.54, 1.807) is 31.4 Å². The minimum atomic E-state index is -0.534. The van der Waals surface area contributed by atoms with Crippen molar-refractivity contribution in [2.75, 3.05) is 20.3 Å². The van der Waals surface area contributed by atoms with Crippen LogP contribution in [0.25, 0.3) is 10.6 Å². The highest BCUT2D eigenvalue weighted by molar-refractivity contribution is 7.13. The molecule has 3 aromatic rings. The van der Waals surface area contributed by atoms with Gasteiger partial charge in [-0.3, -0.25) is 9.59 Å². The van der Waals surface area contributed by atoms with Gasteiger partial charge in [-0.2, -0.15) is 0 Å². The number of carbonyl (C=O) groups is 2. The van der Waals surface area contributed by atoms with E-state index in [0.29, 0.717) is 23.6 Å². The monoisotopic (exact) mass is 426 g/mol. The van der Waals surface area contributed by atoms with E-state index >= 15 is 0 Å².